The van der Waals surface area contributed by atoms with Gasteiger partial charge in [0.1, 0.15) is 0 Å². The third-order valence-corrected chi connectivity index (χ3v) is 3.33. The molecular formula is C10H12ClN3S. The van der Waals surface area contributed by atoms with Gasteiger partial charge in [0.25, 0.3) is 0 Å². The summed E-state index contributed by atoms with van der Waals surface area (Å²) in [6.45, 7) is 1.67. The van der Waals surface area contributed by atoms with Crippen molar-refractivity contribution in [3.05, 3.63) is 39.6 Å². The van der Waals surface area contributed by atoms with Crippen LogP contribution >= 0.6 is 22.9 Å². The molecule has 2 heterocycles. The Hall–Kier alpha value is -0.840. The zero-order chi connectivity index (χ0) is 10.7. The fourth-order valence-corrected chi connectivity index (χ4v) is 2.51. The maximum atomic E-state index is 5.88. The van der Waals surface area contributed by atoms with E-state index in [1.807, 2.05) is 25.6 Å². The van der Waals surface area contributed by atoms with E-state index >= 15 is 0 Å². The van der Waals surface area contributed by atoms with E-state index in [0.29, 0.717) is 0 Å². The van der Waals surface area contributed by atoms with Gasteiger partial charge in [-0.25, -0.2) is 4.98 Å². The summed E-state index contributed by atoms with van der Waals surface area (Å²) in [5.41, 5.74) is 1.18. The molecule has 5 heteroatoms. The van der Waals surface area contributed by atoms with Crippen LogP contribution in [0.5, 0.6) is 0 Å². The van der Waals surface area contributed by atoms with E-state index in [4.69, 9.17) is 11.6 Å². The second-order valence-electron chi connectivity index (χ2n) is 3.25. The summed E-state index contributed by atoms with van der Waals surface area (Å²) in [5, 5.41) is 3.12. The number of nitrogens with zero attached hydrogens (tertiary/aromatic N) is 2. The van der Waals surface area contributed by atoms with Crippen molar-refractivity contribution >= 4 is 22.9 Å². The van der Waals surface area contributed by atoms with Crippen LogP contribution in [0.1, 0.15) is 10.6 Å². The largest absolute Gasteiger partial charge is 0.328 e. The monoisotopic (exact) mass is 241 g/mol. The zero-order valence-electron chi connectivity index (χ0n) is 8.40. The highest BCUT2D eigenvalue weighted by atomic mass is 35.5. The maximum Gasteiger partial charge on any atom is 0.0952 e. The molecule has 80 valence electrons. The highest BCUT2D eigenvalue weighted by Gasteiger charge is 2.03. The van der Waals surface area contributed by atoms with Crippen LogP contribution in [0.2, 0.25) is 4.34 Å². The van der Waals surface area contributed by atoms with E-state index in [0.717, 1.165) is 17.4 Å². The van der Waals surface area contributed by atoms with Crippen molar-refractivity contribution in [3.8, 4) is 0 Å². The van der Waals surface area contributed by atoms with Gasteiger partial charge in [-0.2, -0.15) is 0 Å². The van der Waals surface area contributed by atoms with Crippen molar-refractivity contribution < 1.29 is 0 Å². The summed E-state index contributed by atoms with van der Waals surface area (Å²) in [6.07, 6.45) is 3.73. The Morgan fingerprint density at radius 1 is 1.53 bits per heavy atom. The maximum absolute atomic E-state index is 5.88. The number of nitrogens with one attached hydrogen (secondary N) is 1. The second-order valence-corrected chi connectivity index (χ2v) is 5.05. The van der Waals surface area contributed by atoms with Crippen LogP contribution in [-0.2, 0) is 13.1 Å². The molecule has 0 saturated carbocycles. The first-order valence-electron chi connectivity index (χ1n) is 4.67. The fraction of sp³-hybridized carbons (Fsp3) is 0.300. The number of halogens is 1. The lowest BCUT2D eigenvalue weighted by molar-refractivity contribution is 0.698. The van der Waals surface area contributed by atoms with Gasteiger partial charge < -0.3 is 9.88 Å². The normalized spacial score (nSPS) is 10.8. The molecule has 2 rings (SSSR count). The summed E-state index contributed by atoms with van der Waals surface area (Å²) in [6, 6.07) is 3.98. The van der Waals surface area contributed by atoms with Gasteiger partial charge in [0.15, 0.2) is 0 Å². The highest BCUT2D eigenvalue weighted by Crippen LogP contribution is 2.22. The second kappa shape index (κ2) is 4.79. The average molecular weight is 242 g/mol. The predicted molar refractivity (Wildman–Crippen MR) is 63.4 cm³/mol. The molecule has 0 aliphatic heterocycles. The van der Waals surface area contributed by atoms with E-state index in [1.165, 1.54) is 10.6 Å². The Morgan fingerprint density at radius 3 is 3.07 bits per heavy atom. The Bertz CT molecular complexity index is 435. The summed E-state index contributed by atoms with van der Waals surface area (Å²) in [7, 11) is 1.93. The molecular weight excluding hydrogens is 230 g/mol. The molecule has 0 saturated heterocycles. The lowest BCUT2D eigenvalue weighted by Gasteiger charge is -2.05. The van der Waals surface area contributed by atoms with Crippen LogP contribution < -0.4 is 5.32 Å². The first-order valence-corrected chi connectivity index (χ1v) is 5.87. The molecule has 0 radical (unpaired) electrons. The van der Waals surface area contributed by atoms with Crippen molar-refractivity contribution in [1.82, 2.24) is 14.9 Å². The molecule has 0 amide bonds. The Balaban J connectivity index is 2.13. The van der Waals surface area contributed by atoms with Gasteiger partial charge >= 0.3 is 0 Å². The van der Waals surface area contributed by atoms with E-state index in [9.17, 15) is 0 Å². The molecule has 3 nitrogen and oxygen atoms in total. The number of thiophene rings is 1. The van der Waals surface area contributed by atoms with Crippen molar-refractivity contribution in [1.29, 1.82) is 0 Å². The van der Waals surface area contributed by atoms with Gasteiger partial charge in [0.05, 0.1) is 22.9 Å². The number of rotatable bonds is 4. The minimum atomic E-state index is 0.832. The molecule has 0 fully saturated rings. The fourth-order valence-electron chi connectivity index (χ4n) is 1.42. The molecule has 2 aromatic heterocycles. The molecule has 2 aromatic rings. The van der Waals surface area contributed by atoms with Crippen LogP contribution in [0, 0.1) is 0 Å². The van der Waals surface area contributed by atoms with E-state index < -0.39 is 0 Å². The third kappa shape index (κ3) is 2.59. The zero-order valence-corrected chi connectivity index (χ0v) is 9.98. The minimum Gasteiger partial charge on any atom is -0.328 e. The van der Waals surface area contributed by atoms with Gasteiger partial charge in [-0.1, -0.05) is 11.6 Å². The lowest BCUT2D eigenvalue weighted by atomic mass is 10.4. The first kappa shape index (κ1) is 10.7. The minimum absolute atomic E-state index is 0.832. The Labute approximate surface area is 97.7 Å². The van der Waals surface area contributed by atoms with Gasteiger partial charge in [-0.05, 0) is 19.2 Å². The van der Waals surface area contributed by atoms with Gasteiger partial charge in [0.2, 0.25) is 0 Å². The number of aromatic nitrogens is 2. The third-order valence-electron chi connectivity index (χ3n) is 2.11. The lowest BCUT2D eigenvalue weighted by Crippen LogP contribution is -2.10. The quantitative estimate of drug-likeness (QED) is 0.891. The molecule has 0 spiro atoms. The van der Waals surface area contributed by atoms with Crippen LogP contribution in [0.15, 0.2) is 24.7 Å². The van der Waals surface area contributed by atoms with E-state index in [1.54, 1.807) is 11.3 Å². The first-order chi connectivity index (χ1) is 7.29. The van der Waals surface area contributed by atoms with Crippen LogP contribution in [-0.4, -0.2) is 16.6 Å². The van der Waals surface area contributed by atoms with E-state index in [2.05, 4.69) is 20.9 Å². The summed E-state index contributed by atoms with van der Waals surface area (Å²) in [4.78, 5) is 5.38. The summed E-state index contributed by atoms with van der Waals surface area (Å²) in [5.74, 6) is 0. The molecule has 0 unspecified atom stereocenters. The number of hydrogen-bond donors (Lipinski definition) is 1. The summed E-state index contributed by atoms with van der Waals surface area (Å²) >= 11 is 7.49. The van der Waals surface area contributed by atoms with Gasteiger partial charge in [-0.3, -0.25) is 0 Å². The van der Waals surface area contributed by atoms with Crippen LogP contribution in [0.25, 0.3) is 0 Å². The van der Waals surface area contributed by atoms with Crippen molar-refractivity contribution in [2.75, 3.05) is 7.05 Å². The van der Waals surface area contributed by atoms with Gasteiger partial charge in [-0.15, -0.1) is 11.3 Å². The predicted octanol–water partition coefficient (Wildman–Crippen LogP) is 2.37. The summed E-state index contributed by atoms with van der Waals surface area (Å²) < 4.78 is 2.96. The molecule has 15 heavy (non-hydrogen) atoms. The molecule has 0 bridgehead atoms. The standard InChI is InChI=1S/C10H12ClN3S/c1-12-4-8-5-13-7-14(8)6-9-2-3-10(11)15-9/h2-3,5,7,12H,4,6H2,1H3. The van der Waals surface area contributed by atoms with Crippen LogP contribution in [0.3, 0.4) is 0 Å². The Kier molecular flexibility index (Phi) is 3.41. The SMILES string of the molecule is CNCc1cncn1Cc1ccc(Cl)s1. The Morgan fingerprint density at radius 2 is 2.40 bits per heavy atom. The van der Waals surface area contributed by atoms with Gasteiger partial charge in [0, 0.05) is 17.6 Å². The molecule has 0 atom stereocenters. The van der Waals surface area contributed by atoms with E-state index in [-0.39, 0.29) is 0 Å². The molecule has 0 aliphatic carbocycles. The van der Waals surface area contributed by atoms with Crippen molar-refractivity contribution in [2.45, 2.75) is 13.1 Å². The smallest absolute Gasteiger partial charge is 0.0952 e. The highest BCUT2D eigenvalue weighted by molar-refractivity contribution is 7.16. The van der Waals surface area contributed by atoms with Crippen molar-refractivity contribution in [2.24, 2.45) is 0 Å². The molecule has 0 aromatic carbocycles. The molecule has 0 aliphatic rings. The number of imidazole rings is 1. The average Bonchev–Trinajstić information content (AvgIpc) is 2.78. The van der Waals surface area contributed by atoms with Crippen molar-refractivity contribution in [3.63, 3.8) is 0 Å². The molecule has 1 N–H and O–H groups in total. The van der Waals surface area contributed by atoms with Crippen LogP contribution in [0.4, 0.5) is 0 Å². The number of hydrogen-bond acceptors (Lipinski definition) is 3. The topological polar surface area (TPSA) is 29.9 Å².